The van der Waals surface area contributed by atoms with Crippen molar-refractivity contribution in [1.82, 2.24) is 4.98 Å². The molecule has 0 spiro atoms. The molecule has 0 saturated carbocycles. The second-order valence-electron chi connectivity index (χ2n) is 7.02. The number of benzene rings is 2. The highest BCUT2D eigenvalue weighted by atomic mass is 28.3. The second-order valence-corrected chi connectivity index (χ2v) is 11.8. The Morgan fingerprint density at radius 2 is 1.71 bits per heavy atom. The maximum atomic E-state index is 5.29. The van der Waals surface area contributed by atoms with Crippen molar-refractivity contribution < 1.29 is 4.74 Å². The molecule has 1 heterocycles. The zero-order chi connectivity index (χ0) is 17.2. The van der Waals surface area contributed by atoms with Crippen LogP contribution in [0.4, 0.5) is 0 Å². The van der Waals surface area contributed by atoms with Crippen LogP contribution < -0.4 is 4.74 Å². The maximum absolute atomic E-state index is 5.29. The second kappa shape index (κ2) is 6.58. The van der Waals surface area contributed by atoms with Gasteiger partial charge in [0.15, 0.2) is 0 Å². The molecule has 3 heteroatoms. The fraction of sp³-hybridized carbons (Fsp3) is 0.238. The van der Waals surface area contributed by atoms with Gasteiger partial charge in [-0.05, 0) is 29.3 Å². The first-order chi connectivity index (χ1) is 11.5. The molecule has 1 aromatic heterocycles. The summed E-state index contributed by atoms with van der Waals surface area (Å²) < 4.78 is 5.29. The monoisotopic (exact) mass is 333 g/mol. The van der Waals surface area contributed by atoms with Gasteiger partial charge in [-0.1, -0.05) is 55.9 Å². The molecule has 3 aromatic rings. The van der Waals surface area contributed by atoms with Crippen molar-refractivity contribution in [1.29, 1.82) is 0 Å². The Kier molecular flexibility index (Phi) is 4.50. The Balaban J connectivity index is 2.12. The molecule has 0 aliphatic rings. The molecule has 0 bridgehead atoms. The van der Waals surface area contributed by atoms with Gasteiger partial charge in [0.2, 0.25) is 0 Å². The highest BCUT2D eigenvalue weighted by molar-refractivity contribution is 6.83. The number of rotatable bonds is 3. The molecule has 0 amide bonds. The van der Waals surface area contributed by atoms with Crippen molar-refractivity contribution in [2.45, 2.75) is 25.6 Å². The van der Waals surface area contributed by atoms with Crippen molar-refractivity contribution >= 4 is 19.0 Å². The van der Waals surface area contributed by atoms with Gasteiger partial charge in [0.25, 0.3) is 0 Å². The summed E-state index contributed by atoms with van der Waals surface area (Å²) >= 11 is 0. The SMILES string of the molecule is COc1ccc(C(C#C[Si](C)(C)C)c2c[nH]c3ccccc23)cc1. The van der Waals surface area contributed by atoms with E-state index in [4.69, 9.17) is 4.74 Å². The number of H-pyrrole nitrogens is 1. The van der Waals surface area contributed by atoms with Gasteiger partial charge in [-0.25, -0.2) is 0 Å². The molecule has 0 aliphatic carbocycles. The average molecular weight is 334 g/mol. The first-order valence-corrected chi connectivity index (χ1v) is 11.7. The van der Waals surface area contributed by atoms with Gasteiger partial charge in [-0.15, -0.1) is 5.54 Å². The van der Waals surface area contributed by atoms with E-state index in [0.29, 0.717) is 0 Å². The summed E-state index contributed by atoms with van der Waals surface area (Å²) in [6.45, 7) is 6.83. The quantitative estimate of drug-likeness (QED) is 0.518. The average Bonchev–Trinajstić information content (AvgIpc) is 2.99. The largest absolute Gasteiger partial charge is 0.497 e. The summed E-state index contributed by atoms with van der Waals surface area (Å²) in [4.78, 5) is 3.38. The van der Waals surface area contributed by atoms with Gasteiger partial charge in [0, 0.05) is 17.1 Å². The summed E-state index contributed by atoms with van der Waals surface area (Å²) in [5.41, 5.74) is 7.14. The molecule has 3 rings (SSSR count). The smallest absolute Gasteiger partial charge is 0.129 e. The summed E-state index contributed by atoms with van der Waals surface area (Å²) in [5.74, 6) is 4.50. The lowest BCUT2D eigenvalue weighted by Crippen LogP contribution is -2.17. The molecule has 1 unspecified atom stereocenters. The van der Waals surface area contributed by atoms with E-state index in [-0.39, 0.29) is 5.92 Å². The summed E-state index contributed by atoms with van der Waals surface area (Å²) in [5, 5.41) is 1.24. The van der Waals surface area contributed by atoms with E-state index >= 15 is 0 Å². The third-order valence-corrected chi connectivity index (χ3v) is 4.87. The molecule has 0 aliphatic heterocycles. The van der Waals surface area contributed by atoms with Gasteiger partial charge in [-0.3, -0.25) is 0 Å². The van der Waals surface area contributed by atoms with Crippen LogP contribution in [-0.2, 0) is 0 Å². The number of fused-ring (bicyclic) bond motifs is 1. The minimum atomic E-state index is -1.45. The lowest BCUT2D eigenvalue weighted by molar-refractivity contribution is 0.414. The molecule has 1 atom stereocenters. The molecule has 2 aromatic carbocycles. The molecule has 122 valence electrons. The molecular formula is C21H23NOSi. The van der Waals surface area contributed by atoms with Crippen LogP contribution in [0.5, 0.6) is 5.75 Å². The van der Waals surface area contributed by atoms with Crippen LogP contribution in [0.15, 0.2) is 54.7 Å². The zero-order valence-electron chi connectivity index (χ0n) is 14.7. The summed E-state index contributed by atoms with van der Waals surface area (Å²) in [6, 6.07) is 16.6. The van der Waals surface area contributed by atoms with Crippen LogP contribution in [0.3, 0.4) is 0 Å². The predicted octanol–water partition coefficient (Wildman–Crippen LogP) is 5.19. The van der Waals surface area contributed by atoms with Gasteiger partial charge < -0.3 is 9.72 Å². The lowest BCUT2D eigenvalue weighted by Gasteiger charge is -2.13. The number of aromatic amines is 1. The molecule has 0 saturated heterocycles. The van der Waals surface area contributed by atoms with E-state index in [1.165, 1.54) is 16.5 Å². The van der Waals surface area contributed by atoms with Crippen LogP contribution in [0.1, 0.15) is 17.0 Å². The van der Waals surface area contributed by atoms with E-state index in [0.717, 1.165) is 11.3 Å². The molecule has 2 nitrogen and oxygen atoms in total. The number of hydrogen-bond acceptors (Lipinski definition) is 1. The lowest BCUT2D eigenvalue weighted by atomic mass is 9.92. The van der Waals surface area contributed by atoms with Crippen molar-refractivity contribution in [2.24, 2.45) is 0 Å². The Hall–Kier alpha value is -2.44. The first-order valence-electron chi connectivity index (χ1n) is 8.20. The standard InChI is InChI=1S/C21H23NOSi/c1-23-17-11-9-16(10-12-17)18(13-14-24(2,3)4)20-15-22-21-8-6-5-7-19(20)21/h5-12,15,18,22H,1-4H3. The Bertz CT molecular complexity index is 891. The van der Waals surface area contributed by atoms with Crippen LogP contribution in [0.2, 0.25) is 19.6 Å². The number of methoxy groups -OCH3 is 1. The number of ether oxygens (including phenoxy) is 1. The number of nitrogens with one attached hydrogen (secondary N) is 1. The van der Waals surface area contributed by atoms with Gasteiger partial charge in [0.1, 0.15) is 13.8 Å². The third kappa shape index (κ3) is 3.55. The van der Waals surface area contributed by atoms with E-state index in [1.54, 1.807) is 7.11 Å². The molecule has 1 N–H and O–H groups in total. The number of para-hydroxylation sites is 1. The minimum absolute atomic E-state index is 0.0683. The van der Waals surface area contributed by atoms with Crippen LogP contribution >= 0.6 is 0 Å². The Labute approximate surface area is 144 Å². The summed E-state index contributed by atoms with van der Waals surface area (Å²) in [7, 11) is 0.245. The van der Waals surface area contributed by atoms with Crippen molar-refractivity contribution in [3.05, 3.63) is 65.9 Å². The minimum Gasteiger partial charge on any atom is -0.497 e. The van der Waals surface area contributed by atoms with Crippen LogP contribution in [0.25, 0.3) is 10.9 Å². The highest BCUT2D eigenvalue weighted by Gasteiger charge is 2.17. The van der Waals surface area contributed by atoms with Gasteiger partial charge >= 0.3 is 0 Å². The Morgan fingerprint density at radius 3 is 2.38 bits per heavy atom. The number of aromatic nitrogens is 1. The highest BCUT2D eigenvalue weighted by Crippen LogP contribution is 2.31. The molecule has 24 heavy (non-hydrogen) atoms. The fourth-order valence-electron chi connectivity index (χ4n) is 2.76. The molecule has 0 radical (unpaired) electrons. The maximum Gasteiger partial charge on any atom is 0.129 e. The topological polar surface area (TPSA) is 25.0 Å². The van der Waals surface area contributed by atoms with E-state index in [9.17, 15) is 0 Å². The van der Waals surface area contributed by atoms with Crippen LogP contribution in [-0.4, -0.2) is 20.2 Å². The van der Waals surface area contributed by atoms with Gasteiger partial charge in [-0.2, -0.15) is 0 Å². The molecule has 0 fully saturated rings. The van der Waals surface area contributed by atoms with E-state index < -0.39 is 8.07 Å². The normalized spacial score (nSPS) is 12.5. The first kappa shape index (κ1) is 16.4. The molecular weight excluding hydrogens is 310 g/mol. The van der Waals surface area contributed by atoms with Crippen LogP contribution in [0, 0.1) is 11.5 Å². The van der Waals surface area contributed by atoms with Crippen molar-refractivity contribution in [2.75, 3.05) is 7.11 Å². The number of hydrogen-bond donors (Lipinski definition) is 1. The Morgan fingerprint density at radius 1 is 1.00 bits per heavy atom. The van der Waals surface area contributed by atoms with Gasteiger partial charge in [0.05, 0.1) is 13.0 Å². The zero-order valence-corrected chi connectivity index (χ0v) is 15.7. The third-order valence-electron chi connectivity index (χ3n) is 3.97. The van der Waals surface area contributed by atoms with E-state index in [2.05, 4.69) is 78.7 Å². The predicted molar refractivity (Wildman–Crippen MR) is 104 cm³/mol. The van der Waals surface area contributed by atoms with Crippen molar-refractivity contribution in [3.8, 4) is 17.2 Å². The van der Waals surface area contributed by atoms with Crippen molar-refractivity contribution in [3.63, 3.8) is 0 Å². The fourth-order valence-corrected chi connectivity index (χ4v) is 3.34. The summed E-state index contributed by atoms with van der Waals surface area (Å²) in [6.07, 6.45) is 2.10. The van der Waals surface area contributed by atoms with E-state index in [1.807, 2.05) is 12.1 Å².